The van der Waals surface area contributed by atoms with E-state index in [1.54, 1.807) is 0 Å². The van der Waals surface area contributed by atoms with Gasteiger partial charge in [-0.05, 0) is 0 Å². The summed E-state index contributed by atoms with van der Waals surface area (Å²) >= 11 is -3.70. The van der Waals surface area contributed by atoms with Crippen molar-refractivity contribution in [2.75, 3.05) is 0 Å². The first-order chi connectivity index (χ1) is 3.46. The van der Waals surface area contributed by atoms with Crippen LogP contribution in [0.25, 0.3) is 0 Å². The molecular weight excluding hydrogens is 882 g/mol. The van der Waals surface area contributed by atoms with Gasteiger partial charge in [0.05, 0.1) is 0 Å². The van der Waals surface area contributed by atoms with Crippen LogP contribution in [0.4, 0.5) is 0 Å². The molecule has 0 aliphatic carbocycles. The summed E-state index contributed by atoms with van der Waals surface area (Å²) in [6, 6.07) is 0. The van der Waals surface area contributed by atoms with Crippen molar-refractivity contribution in [1.29, 1.82) is 0 Å². The zero-order valence-corrected chi connectivity index (χ0v) is 18.8. The van der Waals surface area contributed by atoms with E-state index >= 15 is 0 Å². The standard InChI is InChI=1S/6ClH.6H3N.3Pt/h6*1H;6*1H3;;;/q;;;;;;;;;;;;3*+2/p-6. The van der Waals surface area contributed by atoms with Crippen LogP contribution >= 0.6 is 56.5 Å². The molecule has 0 saturated heterocycles. The summed E-state index contributed by atoms with van der Waals surface area (Å²) in [5.74, 6) is 0. The Labute approximate surface area is 141 Å². The molecule has 0 saturated carbocycles. The minimum atomic E-state index is -1.85. The minimum absolute atomic E-state index is 0. The Morgan fingerprint density at radius 1 is 0.400 bits per heavy atom. The third-order valence-electron chi connectivity index (χ3n) is 0. The second kappa shape index (κ2) is 52.7. The van der Waals surface area contributed by atoms with Gasteiger partial charge in [0.2, 0.25) is 0 Å². The molecular formula is H18Cl6N6Pt3. The van der Waals surface area contributed by atoms with Gasteiger partial charge in [0.25, 0.3) is 0 Å². The van der Waals surface area contributed by atoms with Crippen molar-refractivity contribution in [3.8, 4) is 0 Å². The zero-order valence-electron chi connectivity index (χ0n) is 7.46. The average molecular weight is 900 g/mol. The van der Waals surface area contributed by atoms with E-state index in [4.69, 9.17) is 56.5 Å². The Bertz CT molecular complexity index is 38.3. The van der Waals surface area contributed by atoms with Gasteiger partial charge in [-0.1, -0.05) is 0 Å². The summed E-state index contributed by atoms with van der Waals surface area (Å²) in [7, 11) is 29.8. The van der Waals surface area contributed by atoms with Crippen LogP contribution in [0.5, 0.6) is 0 Å². The summed E-state index contributed by atoms with van der Waals surface area (Å²) in [5, 5.41) is 0. The molecule has 0 aromatic carbocycles. The van der Waals surface area contributed by atoms with Crippen molar-refractivity contribution in [3.63, 3.8) is 0 Å². The molecule has 0 aromatic heterocycles. The monoisotopic (exact) mass is 897 g/mol. The van der Waals surface area contributed by atoms with Crippen LogP contribution in [-0.2, 0) is 49.4 Å². The van der Waals surface area contributed by atoms with Gasteiger partial charge < -0.3 is 36.9 Å². The number of halogens is 6. The topological polar surface area (TPSA) is 210 Å². The first-order valence-corrected chi connectivity index (χ1v) is 17.6. The number of hydrogen-bond acceptors (Lipinski definition) is 6. The second-order valence-electron chi connectivity index (χ2n) is 0.271. The Morgan fingerprint density at radius 2 is 0.400 bits per heavy atom. The fourth-order valence-corrected chi connectivity index (χ4v) is 0. The molecule has 120 valence electrons. The van der Waals surface area contributed by atoms with Crippen LogP contribution in [0.3, 0.4) is 0 Å². The summed E-state index contributed by atoms with van der Waals surface area (Å²) in [6.45, 7) is 0. The van der Waals surface area contributed by atoms with Crippen LogP contribution in [0.1, 0.15) is 0 Å². The largest absolute Gasteiger partial charge is 2.00 e. The van der Waals surface area contributed by atoms with E-state index in [9.17, 15) is 0 Å². The van der Waals surface area contributed by atoms with E-state index in [1.807, 2.05) is 0 Å². The molecule has 0 unspecified atom stereocenters. The summed E-state index contributed by atoms with van der Waals surface area (Å²) in [4.78, 5) is 0. The predicted molar refractivity (Wildman–Crippen MR) is 65.3 cm³/mol. The van der Waals surface area contributed by atoms with Gasteiger partial charge in [0.1, 0.15) is 0 Å². The quantitative estimate of drug-likeness (QED) is 0.195. The molecule has 0 bridgehead atoms. The molecule has 0 spiro atoms. The molecule has 6 nitrogen and oxygen atoms in total. The maximum absolute atomic E-state index is 4.96. The third kappa shape index (κ3) is 335. The van der Waals surface area contributed by atoms with E-state index in [0.29, 0.717) is 0 Å². The molecule has 0 aliphatic heterocycles. The number of hydrogen-bond donors (Lipinski definition) is 6. The van der Waals surface area contributed by atoms with E-state index in [2.05, 4.69) is 0 Å². The van der Waals surface area contributed by atoms with Gasteiger partial charge >= 0.3 is 106 Å². The molecule has 18 N–H and O–H groups in total. The van der Waals surface area contributed by atoms with Crippen molar-refractivity contribution in [1.82, 2.24) is 36.9 Å². The summed E-state index contributed by atoms with van der Waals surface area (Å²) in [6.07, 6.45) is 0. The molecule has 0 heterocycles. The van der Waals surface area contributed by atoms with Crippen LogP contribution in [0.2, 0.25) is 0 Å². The summed E-state index contributed by atoms with van der Waals surface area (Å²) < 4.78 is 0. The van der Waals surface area contributed by atoms with Crippen molar-refractivity contribution in [3.05, 3.63) is 0 Å². The molecule has 0 aromatic rings. The van der Waals surface area contributed by atoms with Crippen LogP contribution < -0.4 is 36.9 Å². The fourth-order valence-electron chi connectivity index (χ4n) is 0. The Hall–Kier alpha value is 3.56. The molecule has 0 rings (SSSR count). The van der Waals surface area contributed by atoms with E-state index < -0.39 is 28.4 Å². The van der Waals surface area contributed by atoms with Crippen molar-refractivity contribution in [2.45, 2.75) is 0 Å². The minimum Gasteiger partial charge on any atom is 2.00 e. The van der Waals surface area contributed by atoms with Crippen molar-refractivity contribution in [2.24, 2.45) is 0 Å². The smallest absolute Gasteiger partial charge is 2.00 e. The molecule has 0 fully saturated rings. The predicted octanol–water partition coefficient (Wildman–Crippen LogP) is 5.10. The van der Waals surface area contributed by atoms with Gasteiger partial charge in [0.15, 0.2) is 0 Å². The van der Waals surface area contributed by atoms with E-state index in [-0.39, 0.29) is 58.0 Å². The molecule has 0 aliphatic rings. The molecule has 15 heavy (non-hydrogen) atoms. The Balaban J connectivity index is -0.00000000468. The summed E-state index contributed by atoms with van der Waals surface area (Å²) in [5.41, 5.74) is 0. The second-order valence-corrected chi connectivity index (χ2v) is 20.0. The van der Waals surface area contributed by atoms with Crippen LogP contribution in [0, 0.1) is 0 Å². The average Bonchev–Trinajstić information content (AvgIpc) is 1.25. The fraction of sp³-hybridized carbons (Fsp3) is 0. The van der Waals surface area contributed by atoms with E-state index in [1.165, 1.54) is 0 Å². The van der Waals surface area contributed by atoms with Gasteiger partial charge in [-0.15, -0.1) is 0 Å². The van der Waals surface area contributed by atoms with Gasteiger partial charge in [-0.2, -0.15) is 0 Å². The maximum atomic E-state index is 4.96. The van der Waals surface area contributed by atoms with Crippen LogP contribution in [0.15, 0.2) is 0 Å². The first-order valence-electron chi connectivity index (χ1n) is 0.717. The Kier molecular flexibility index (Phi) is 220. The van der Waals surface area contributed by atoms with Crippen molar-refractivity contribution >= 4 is 56.5 Å². The van der Waals surface area contributed by atoms with Crippen LogP contribution in [-0.4, -0.2) is 0 Å². The maximum Gasteiger partial charge on any atom is 2.00 e. The van der Waals surface area contributed by atoms with Crippen molar-refractivity contribution < 1.29 is 49.4 Å². The van der Waals surface area contributed by atoms with Gasteiger partial charge in [0, 0.05) is 0 Å². The molecule has 0 radical (unpaired) electrons. The zero-order chi connectivity index (χ0) is 7.15. The molecule has 0 amide bonds. The normalized spacial score (nSPS) is 6.00. The molecule has 0 atom stereocenters. The van der Waals surface area contributed by atoms with Gasteiger partial charge in [-0.3, -0.25) is 0 Å². The molecule has 15 heteroatoms. The number of rotatable bonds is 0. The third-order valence-corrected chi connectivity index (χ3v) is 0. The van der Waals surface area contributed by atoms with Gasteiger partial charge in [-0.25, -0.2) is 0 Å². The first kappa shape index (κ1) is 62.6. The SMILES string of the molecule is N.N.N.N.N.N.[Cl][Pt-]([Cl])[Cl].[Cl][Pt-]([Cl])[Cl].[Pt+2]. The van der Waals surface area contributed by atoms with E-state index in [0.717, 1.165) is 0 Å². The Morgan fingerprint density at radius 3 is 0.400 bits per heavy atom.